The monoisotopic (exact) mass is 1880 g/mol. The van der Waals surface area contributed by atoms with Gasteiger partial charge in [-0.3, -0.25) is 0 Å². The molecule has 0 aliphatic carbocycles. The summed E-state index contributed by atoms with van der Waals surface area (Å²) < 4.78 is 168. The molecule has 0 spiro atoms. The van der Waals surface area contributed by atoms with Crippen molar-refractivity contribution in [3.63, 3.8) is 0 Å². The Balaban J connectivity index is 1.15. The van der Waals surface area contributed by atoms with E-state index >= 15 is 0 Å². The maximum absolute atomic E-state index is 7.96. The number of hydrogen-bond acceptors (Lipinski definition) is 18. The van der Waals surface area contributed by atoms with E-state index in [2.05, 4.69) is 0 Å². The molecule has 0 bridgehead atoms. The number of rotatable bonds is 40. The van der Waals surface area contributed by atoms with Crippen LogP contribution in [0.1, 0.15) is 0 Å². The summed E-state index contributed by atoms with van der Waals surface area (Å²) in [6.45, 7) is 0. The van der Waals surface area contributed by atoms with E-state index in [1.807, 2.05) is 103 Å². The van der Waals surface area contributed by atoms with Gasteiger partial charge < -0.3 is 13.6 Å². The van der Waals surface area contributed by atoms with E-state index in [0.29, 0.717) is 0 Å². The molecule has 23 nitrogen and oxygen atoms in total. The minimum absolute atomic E-state index is 0.0710. The quantitative estimate of drug-likeness (QED) is 0.0325. The van der Waals surface area contributed by atoms with E-state index in [-0.39, 0.29) is 97.7 Å². The molecule has 0 fully saturated rings. The van der Waals surface area contributed by atoms with Crippen LogP contribution in [0.2, 0.25) is 0 Å². The molecule has 30 heteroatoms. The molecule has 660 valence electrons. The predicted octanol–water partition coefficient (Wildman–Crippen LogP) is 33.1. The second-order valence-electron chi connectivity index (χ2n) is 28.1. The van der Waals surface area contributed by atoms with Crippen molar-refractivity contribution in [3.8, 4) is 97.7 Å². The van der Waals surface area contributed by atoms with Gasteiger partial charge in [-0.25, -0.2) is 0 Å². The summed E-state index contributed by atoms with van der Waals surface area (Å²) in [6.07, 6.45) is 0. The fourth-order valence-corrected chi connectivity index (χ4v) is 33.4. The van der Waals surface area contributed by atoms with Crippen molar-refractivity contribution < 1.29 is 76.9 Å². The van der Waals surface area contributed by atoms with Crippen LogP contribution in [0, 0.1) is 0 Å². The Bertz CT molecular complexity index is 6370. The molecule has 132 heavy (non-hydrogen) atoms. The van der Waals surface area contributed by atoms with Crippen LogP contribution in [0.3, 0.4) is 0 Å². The number of benzene rings is 17. The maximum atomic E-state index is 7.96. The first-order valence-electron chi connectivity index (χ1n) is 41.5. The average Bonchev–Trinajstić information content (AvgIpc) is 0.712. The van der Waals surface area contributed by atoms with Crippen molar-refractivity contribution in [1.82, 2.24) is 0 Å². The second kappa shape index (κ2) is 42.6. The van der Waals surface area contributed by atoms with Gasteiger partial charge in [0.2, 0.25) is 0 Å². The summed E-state index contributed by atoms with van der Waals surface area (Å²) in [4.78, 5) is 0. The first-order valence-corrected chi connectivity index (χ1v) is 52.5. The van der Waals surface area contributed by atoms with Gasteiger partial charge in [-0.05, 0) is 60.7 Å². The van der Waals surface area contributed by atoms with Gasteiger partial charge in [0.1, 0.15) is 17.2 Å². The van der Waals surface area contributed by atoms with Gasteiger partial charge in [-0.15, -0.1) is 0 Å². The first-order chi connectivity index (χ1) is 64.9. The molecular formula is C102H85N6O17P7. The molecule has 0 aliphatic rings. The summed E-state index contributed by atoms with van der Waals surface area (Å²) in [5, 5.41) is 0. The summed E-state index contributed by atoms with van der Waals surface area (Å²) in [7, 11) is -38.6. The fourth-order valence-electron chi connectivity index (χ4n) is 12.4. The van der Waals surface area contributed by atoms with Crippen molar-refractivity contribution in [3.05, 3.63) is 516 Å². The normalized spacial score (nSPS) is 11.8. The molecule has 17 rings (SSSR count). The molecule has 0 unspecified atom stereocenters. The predicted molar refractivity (Wildman–Crippen MR) is 523 cm³/mol. The van der Waals surface area contributed by atoms with Crippen molar-refractivity contribution in [2.45, 2.75) is 0 Å². The molecule has 0 radical (unpaired) electrons. The van der Waals surface area contributed by atoms with Gasteiger partial charge in [0.05, 0.1) is 0 Å². The molecule has 0 amide bonds. The number of para-hydroxylation sites is 17. The Hall–Kier alpha value is -14.9. The van der Waals surface area contributed by atoms with Gasteiger partial charge in [0.15, 0.2) is 0 Å². The molecule has 17 aromatic carbocycles. The molecule has 0 saturated carbocycles. The summed E-state index contributed by atoms with van der Waals surface area (Å²) in [6, 6.07) is 149. The Labute approximate surface area is 766 Å². The van der Waals surface area contributed by atoms with Gasteiger partial charge in [0, 0.05) is 0 Å². The number of hydrogen-bond donors (Lipinski definition) is 0. The van der Waals surface area contributed by atoms with E-state index in [4.69, 9.17) is 104 Å². The fraction of sp³-hybridized carbons (Fsp3) is 0. The molecule has 0 atom stereocenters. The minimum atomic E-state index is -6.59. The Morgan fingerprint density at radius 1 is 0.121 bits per heavy atom. The molecule has 0 N–H and O–H groups in total. The van der Waals surface area contributed by atoms with E-state index in [1.54, 1.807) is 413 Å². The Morgan fingerprint density at radius 2 is 0.235 bits per heavy atom. The third-order valence-electron chi connectivity index (χ3n) is 18.0. The van der Waals surface area contributed by atoms with Gasteiger partial charge in [-0.2, -0.15) is 0 Å². The Morgan fingerprint density at radius 3 is 0.386 bits per heavy atom. The van der Waals surface area contributed by atoms with Gasteiger partial charge >= 0.3 is 576 Å². The van der Waals surface area contributed by atoms with Crippen LogP contribution >= 0.6 is 53.7 Å². The third kappa shape index (κ3) is 24.6. The molecule has 0 aromatic heterocycles. The standard InChI is InChI=1S/C102H85N6O17P7/c1-18-52-86(53-19-1)109-126(110-87-54-20-2-21-55-87,103-127(111-88-56-22-3-23-57-88,112-89-58-24-4-25-59-89)105-129(115-92-64-30-7-31-65-92,116-93-66-32-8-33-67-93)107-131(119-96-72-38-11-39-73-96,120-97-74-40-12-41-75-97)121-98-76-42-13-43-77-98)104-128(113-90-60-26-5-27-61-90,114-91-62-28-6-29-63-91)106-130(117-94-68-34-9-35-69-94,118-95-70-36-10-37-71-95)108-132(122-99-78-44-14-45-79-99,123-100-80-46-15-47-81-100,124-101-82-48-16-49-83-101)125-102-84-50-17-51-85-102/h1-85H. The van der Waals surface area contributed by atoms with Crippen molar-refractivity contribution in [2.24, 2.45) is 27.1 Å². The average molecular weight is 1880 g/mol. The van der Waals surface area contributed by atoms with Crippen LogP contribution in [0.15, 0.2) is 543 Å². The SMILES string of the molecule is c1ccc(OP(=NP(=NP(=NP(Oc2ccccc2)(Oc2ccccc2)(Oc2ccccc2)Oc2ccccc2)(Oc2ccccc2)Oc2ccccc2)(Oc2ccccc2)Oc2ccccc2)(N=P(N=P(N=P(Oc2ccccc2)(Oc2ccccc2)Oc2ccccc2)(Oc2ccccc2)Oc2ccccc2)(Oc2ccccc2)Oc2ccccc2)Oc2ccccc2)cc1. The van der Waals surface area contributed by atoms with Crippen LogP contribution in [0.25, 0.3) is 0 Å². The van der Waals surface area contributed by atoms with E-state index in [9.17, 15) is 0 Å². The summed E-state index contributed by atoms with van der Waals surface area (Å²) in [5.41, 5.74) is 0. The van der Waals surface area contributed by atoms with Crippen molar-refractivity contribution in [2.75, 3.05) is 0 Å². The second-order valence-corrected chi connectivity index (χ2v) is 42.9. The Kier molecular flexibility index (Phi) is 28.8. The molecule has 17 aromatic rings. The van der Waals surface area contributed by atoms with Crippen molar-refractivity contribution in [1.29, 1.82) is 0 Å². The zero-order valence-corrected chi connectivity index (χ0v) is 76.6. The molecular weight excluding hydrogens is 1800 g/mol. The topological polar surface area (TPSA) is 231 Å². The zero-order chi connectivity index (χ0) is 89.6. The number of nitrogens with zero attached hydrogens (tertiary/aromatic N) is 6. The van der Waals surface area contributed by atoms with Crippen LogP contribution in [0.4, 0.5) is 0 Å². The van der Waals surface area contributed by atoms with Crippen LogP contribution in [-0.4, -0.2) is 0 Å². The van der Waals surface area contributed by atoms with Gasteiger partial charge in [-0.1, -0.05) is 103 Å². The van der Waals surface area contributed by atoms with E-state index in [1.165, 1.54) is 0 Å². The van der Waals surface area contributed by atoms with Crippen LogP contribution in [0.5, 0.6) is 97.7 Å². The van der Waals surface area contributed by atoms with Gasteiger partial charge in [0.25, 0.3) is 0 Å². The first kappa shape index (κ1) is 89.1. The van der Waals surface area contributed by atoms with E-state index in [0.717, 1.165) is 0 Å². The van der Waals surface area contributed by atoms with Crippen LogP contribution < -0.4 is 76.9 Å². The summed E-state index contributed by atoms with van der Waals surface area (Å²) >= 11 is 0. The molecule has 0 saturated heterocycles. The van der Waals surface area contributed by atoms with E-state index < -0.39 is 53.7 Å². The summed E-state index contributed by atoms with van der Waals surface area (Å²) in [5.74, 6) is 2.12. The van der Waals surface area contributed by atoms with Crippen molar-refractivity contribution >= 4 is 53.7 Å². The third-order valence-corrected chi connectivity index (χ3v) is 36.9. The molecule has 0 aliphatic heterocycles. The van der Waals surface area contributed by atoms with Crippen LogP contribution in [-0.2, 0) is 0 Å². The molecule has 0 heterocycles. The zero-order valence-electron chi connectivity index (χ0n) is 70.3.